The molecule has 124 valence electrons. The van der Waals surface area contributed by atoms with Crippen LogP contribution in [0.2, 0.25) is 0 Å². The summed E-state index contributed by atoms with van der Waals surface area (Å²) in [4.78, 5) is 14.5. The Hall–Kier alpha value is -2.51. The highest BCUT2D eigenvalue weighted by Crippen LogP contribution is 2.21. The minimum atomic E-state index is -0.162. The minimum Gasteiger partial charge on any atom is -0.468 e. The van der Waals surface area contributed by atoms with Gasteiger partial charge in [-0.2, -0.15) is 0 Å². The normalized spacial score (nSPS) is 12.3. The van der Waals surface area contributed by atoms with Gasteiger partial charge in [-0.15, -0.1) is 5.10 Å². The lowest BCUT2D eigenvalue weighted by Gasteiger charge is -2.23. The smallest absolute Gasteiger partial charge is 0.256 e. The number of carbonyl (C=O) groups is 1. The number of furan rings is 1. The van der Waals surface area contributed by atoms with Gasteiger partial charge >= 0.3 is 0 Å². The molecule has 0 aliphatic heterocycles. The van der Waals surface area contributed by atoms with Crippen molar-refractivity contribution in [2.24, 2.45) is 0 Å². The molecule has 0 radical (unpaired) electrons. The van der Waals surface area contributed by atoms with Crippen molar-refractivity contribution in [3.63, 3.8) is 0 Å². The van der Waals surface area contributed by atoms with Crippen molar-refractivity contribution < 1.29 is 9.21 Å². The number of amides is 1. The molecule has 0 spiro atoms. The number of carbonyl (C=O) groups excluding carboxylic acids is 1. The van der Waals surface area contributed by atoms with Gasteiger partial charge in [0.2, 0.25) is 0 Å². The van der Waals surface area contributed by atoms with Crippen LogP contribution in [0.15, 0.2) is 53.3 Å². The third-order valence-electron chi connectivity index (χ3n) is 3.84. The SMILES string of the molecule is CC(c1ccco1)N(C)Cc1cccc(C(=O)Nc2cnns2)c1. The number of aromatic nitrogens is 2. The van der Waals surface area contributed by atoms with Gasteiger partial charge in [0.1, 0.15) is 10.8 Å². The number of hydrogen-bond donors (Lipinski definition) is 1. The highest BCUT2D eigenvalue weighted by molar-refractivity contribution is 7.10. The maximum atomic E-state index is 12.3. The summed E-state index contributed by atoms with van der Waals surface area (Å²) in [6.45, 7) is 2.80. The Balaban J connectivity index is 1.67. The molecule has 6 nitrogen and oxygen atoms in total. The third kappa shape index (κ3) is 3.87. The first-order valence-corrected chi connectivity index (χ1v) is 8.32. The molecule has 1 N–H and O–H groups in total. The van der Waals surface area contributed by atoms with Gasteiger partial charge in [0.25, 0.3) is 5.91 Å². The number of rotatable bonds is 6. The zero-order valence-corrected chi connectivity index (χ0v) is 14.3. The highest BCUT2D eigenvalue weighted by atomic mass is 32.1. The van der Waals surface area contributed by atoms with E-state index in [9.17, 15) is 4.79 Å². The molecular weight excluding hydrogens is 324 g/mol. The maximum Gasteiger partial charge on any atom is 0.256 e. The fourth-order valence-corrected chi connectivity index (χ4v) is 2.80. The van der Waals surface area contributed by atoms with Crippen molar-refractivity contribution in [2.75, 3.05) is 12.4 Å². The van der Waals surface area contributed by atoms with Crippen LogP contribution in [0.25, 0.3) is 0 Å². The second-order valence-electron chi connectivity index (χ2n) is 5.54. The molecule has 0 aliphatic carbocycles. The summed E-state index contributed by atoms with van der Waals surface area (Å²) in [5.74, 6) is 0.758. The summed E-state index contributed by atoms with van der Waals surface area (Å²) in [6, 6.07) is 11.6. The predicted octanol–water partition coefficient (Wildman–Crippen LogP) is 3.58. The Bertz CT molecular complexity index is 787. The summed E-state index contributed by atoms with van der Waals surface area (Å²) < 4.78 is 9.19. The molecule has 1 unspecified atom stereocenters. The first-order chi connectivity index (χ1) is 11.6. The van der Waals surface area contributed by atoms with Gasteiger partial charge in [-0.3, -0.25) is 9.69 Å². The lowest BCUT2D eigenvalue weighted by Crippen LogP contribution is -2.22. The zero-order chi connectivity index (χ0) is 16.9. The number of benzene rings is 1. The van der Waals surface area contributed by atoms with E-state index in [4.69, 9.17) is 4.42 Å². The summed E-state index contributed by atoms with van der Waals surface area (Å²) in [5.41, 5.74) is 1.67. The third-order valence-corrected chi connectivity index (χ3v) is 4.42. The van der Waals surface area contributed by atoms with E-state index in [0.717, 1.165) is 22.9 Å². The Morgan fingerprint density at radius 2 is 2.25 bits per heavy atom. The molecule has 2 aromatic heterocycles. The molecule has 2 heterocycles. The molecule has 1 aromatic carbocycles. The Labute approximate surface area is 144 Å². The standard InChI is InChI=1S/C17H18N4O2S/c1-12(15-7-4-8-23-15)21(2)11-13-5-3-6-14(9-13)17(22)19-16-10-18-20-24-16/h3-10,12H,11H2,1-2H3,(H,19,22). The van der Waals surface area contributed by atoms with Crippen LogP contribution in [0, 0.1) is 0 Å². The topological polar surface area (TPSA) is 71.3 Å². The molecule has 0 saturated heterocycles. The molecule has 0 fully saturated rings. The van der Waals surface area contributed by atoms with Crippen molar-refractivity contribution in [1.29, 1.82) is 0 Å². The average Bonchev–Trinajstić information content (AvgIpc) is 3.28. The number of nitrogens with one attached hydrogen (secondary N) is 1. The van der Waals surface area contributed by atoms with E-state index in [0.29, 0.717) is 17.1 Å². The van der Waals surface area contributed by atoms with Crippen LogP contribution in [-0.4, -0.2) is 27.4 Å². The largest absolute Gasteiger partial charge is 0.468 e. The fourth-order valence-electron chi connectivity index (χ4n) is 2.39. The molecule has 0 bridgehead atoms. The van der Waals surface area contributed by atoms with E-state index in [1.165, 1.54) is 6.20 Å². The van der Waals surface area contributed by atoms with Crippen LogP contribution in [0.5, 0.6) is 0 Å². The Morgan fingerprint density at radius 1 is 1.38 bits per heavy atom. The van der Waals surface area contributed by atoms with Crippen molar-refractivity contribution >= 4 is 22.4 Å². The Morgan fingerprint density at radius 3 is 2.96 bits per heavy atom. The molecule has 24 heavy (non-hydrogen) atoms. The molecular formula is C17H18N4O2S. The van der Waals surface area contributed by atoms with Gasteiger partial charge in [-0.1, -0.05) is 16.6 Å². The molecule has 3 aromatic rings. The molecule has 1 amide bonds. The van der Waals surface area contributed by atoms with Crippen molar-refractivity contribution in [2.45, 2.75) is 19.5 Å². The van der Waals surface area contributed by atoms with E-state index in [1.54, 1.807) is 12.3 Å². The van der Waals surface area contributed by atoms with Gasteiger partial charge in [0, 0.05) is 23.6 Å². The van der Waals surface area contributed by atoms with Gasteiger partial charge in [-0.05, 0) is 43.8 Å². The van der Waals surface area contributed by atoms with E-state index in [-0.39, 0.29) is 11.9 Å². The fraction of sp³-hybridized carbons (Fsp3) is 0.235. The van der Waals surface area contributed by atoms with Crippen molar-refractivity contribution in [3.8, 4) is 0 Å². The first kappa shape index (κ1) is 16.4. The second kappa shape index (κ2) is 7.37. The maximum absolute atomic E-state index is 12.3. The van der Waals surface area contributed by atoms with Crippen molar-refractivity contribution in [1.82, 2.24) is 14.5 Å². The monoisotopic (exact) mass is 342 g/mol. The van der Waals surface area contributed by atoms with E-state index in [2.05, 4.69) is 26.7 Å². The predicted molar refractivity (Wildman–Crippen MR) is 92.9 cm³/mol. The summed E-state index contributed by atoms with van der Waals surface area (Å²) in [6.07, 6.45) is 3.21. The highest BCUT2D eigenvalue weighted by Gasteiger charge is 2.15. The van der Waals surface area contributed by atoms with Gasteiger partial charge < -0.3 is 9.73 Å². The van der Waals surface area contributed by atoms with Gasteiger partial charge in [0.15, 0.2) is 0 Å². The molecule has 0 saturated carbocycles. The number of anilines is 1. The van der Waals surface area contributed by atoms with Crippen LogP contribution in [0.3, 0.4) is 0 Å². The van der Waals surface area contributed by atoms with Crippen LogP contribution >= 0.6 is 11.5 Å². The number of hydrogen-bond acceptors (Lipinski definition) is 6. The molecule has 3 rings (SSSR count). The summed E-state index contributed by atoms with van der Waals surface area (Å²) in [7, 11) is 2.03. The second-order valence-corrected chi connectivity index (χ2v) is 6.33. The zero-order valence-electron chi connectivity index (χ0n) is 13.5. The van der Waals surface area contributed by atoms with Crippen LogP contribution in [0.1, 0.15) is 34.6 Å². The van der Waals surface area contributed by atoms with Crippen LogP contribution in [-0.2, 0) is 6.54 Å². The average molecular weight is 342 g/mol. The minimum absolute atomic E-state index is 0.153. The molecule has 7 heteroatoms. The Kier molecular flexibility index (Phi) is 5.02. The van der Waals surface area contributed by atoms with Gasteiger partial charge in [0.05, 0.1) is 18.5 Å². The van der Waals surface area contributed by atoms with E-state index >= 15 is 0 Å². The van der Waals surface area contributed by atoms with E-state index in [1.807, 2.05) is 37.4 Å². The molecule has 0 aliphatic rings. The summed E-state index contributed by atoms with van der Waals surface area (Å²) in [5, 5.41) is 7.13. The summed E-state index contributed by atoms with van der Waals surface area (Å²) >= 11 is 1.15. The van der Waals surface area contributed by atoms with E-state index < -0.39 is 0 Å². The lowest BCUT2D eigenvalue weighted by molar-refractivity contribution is 0.102. The van der Waals surface area contributed by atoms with Crippen LogP contribution in [0.4, 0.5) is 5.00 Å². The lowest BCUT2D eigenvalue weighted by atomic mass is 10.1. The number of nitrogens with zero attached hydrogens (tertiary/aromatic N) is 3. The van der Waals surface area contributed by atoms with Crippen molar-refractivity contribution in [3.05, 3.63) is 65.7 Å². The van der Waals surface area contributed by atoms with Crippen LogP contribution < -0.4 is 5.32 Å². The quantitative estimate of drug-likeness (QED) is 0.741. The van der Waals surface area contributed by atoms with Gasteiger partial charge in [-0.25, -0.2) is 0 Å². The molecule has 1 atom stereocenters. The first-order valence-electron chi connectivity index (χ1n) is 7.55.